The first-order valence-corrected chi connectivity index (χ1v) is 11.2. The van der Waals surface area contributed by atoms with Crippen molar-refractivity contribution in [3.63, 3.8) is 0 Å². The number of ether oxygens (including phenoxy) is 2. The van der Waals surface area contributed by atoms with Crippen LogP contribution in [0.25, 0.3) is 0 Å². The number of nitrogen functional groups attached to an aromatic ring is 1. The van der Waals surface area contributed by atoms with Crippen molar-refractivity contribution in [2.24, 2.45) is 11.7 Å². The molecule has 1 aliphatic carbocycles. The van der Waals surface area contributed by atoms with Gasteiger partial charge in [0, 0.05) is 12.6 Å². The van der Waals surface area contributed by atoms with E-state index < -0.39 is 11.7 Å². The fourth-order valence-electron chi connectivity index (χ4n) is 4.44. The van der Waals surface area contributed by atoms with Gasteiger partial charge in [-0.05, 0) is 50.4 Å². The van der Waals surface area contributed by atoms with Gasteiger partial charge in [-0.2, -0.15) is 0 Å². The first-order valence-electron chi connectivity index (χ1n) is 10.8. The SMILES string of the molecule is CCC1(OC(N)=O)C=CC=CC1N1CCC(CNC(=O)c2cc(Cl)c(N)cc2OC)CC1. The fraction of sp³-hybridized carbons (Fsp3) is 0.478. The van der Waals surface area contributed by atoms with E-state index in [-0.39, 0.29) is 11.9 Å². The van der Waals surface area contributed by atoms with Crippen LogP contribution in [-0.2, 0) is 4.74 Å². The van der Waals surface area contributed by atoms with E-state index in [1.165, 1.54) is 13.2 Å². The third kappa shape index (κ3) is 5.19. The van der Waals surface area contributed by atoms with E-state index in [0.29, 0.717) is 40.9 Å². The summed E-state index contributed by atoms with van der Waals surface area (Å²) in [7, 11) is 1.49. The number of piperidine rings is 1. The van der Waals surface area contributed by atoms with Crippen LogP contribution in [0.3, 0.4) is 0 Å². The van der Waals surface area contributed by atoms with Gasteiger partial charge in [-0.1, -0.05) is 36.8 Å². The quantitative estimate of drug-likeness (QED) is 0.535. The van der Waals surface area contributed by atoms with Crippen molar-refractivity contribution >= 4 is 29.3 Å². The first-order chi connectivity index (χ1) is 15.3. The Morgan fingerprint density at radius 1 is 1.28 bits per heavy atom. The number of carbonyl (C=O) groups is 2. The zero-order valence-corrected chi connectivity index (χ0v) is 19.2. The number of benzene rings is 1. The number of carbonyl (C=O) groups excluding carboxylic acids is 2. The van der Waals surface area contributed by atoms with Gasteiger partial charge in [0.1, 0.15) is 5.75 Å². The number of halogens is 1. The predicted octanol–water partition coefficient (Wildman–Crippen LogP) is 3.11. The molecule has 2 unspecified atom stereocenters. The van der Waals surface area contributed by atoms with Gasteiger partial charge in [0.15, 0.2) is 5.60 Å². The number of nitrogens with zero attached hydrogens (tertiary/aromatic N) is 1. The summed E-state index contributed by atoms with van der Waals surface area (Å²) in [6.45, 7) is 4.18. The van der Waals surface area contributed by atoms with Crippen LogP contribution >= 0.6 is 11.6 Å². The number of nitrogens with two attached hydrogens (primary N) is 2. The summed E-state index contributed by atoms with van der Waals surface area (Å²) in [6, 6.07) is 3.01. The largest absolute Gasteiger partial charge is 0.496 e. The molecule has 0 spiro atoms. The van der Waals surface area contributed by atoms with Crippen molar-refractivity contribution in [2.45, 2.75) is 37.8 Å². The van der Waals surface area contributed by atoms with E-state index in [0.717, 1.165) is 25.9 Å². The van der Waals surface area contributed by atoms with Crippen LogP contribution in [0.2, 0.25) is 5.02 Å². The molecule has 3 rings (SSSR count). The van der Waals surface area contributed by atoms with Crippen molar-refractivity contribution in [2.75, 3.05) is 32.5 Å². The molecule has 1 heterocycles. The maximum absolute atomic E-state index is 12.7. The lowest BCUT2D eigenvalue weighted by atomic mass is 9.84. The lowest BCUT2D eigenvalue weighted by Crippen LogP contribution is -2.56. The minimum Gasteiger partial charge on any atom is -0.496 e. The lowest BCUT2D eigenvalue weighted by Gasteiger charge is -2.45. The van der Waals surface area contributed by atoms with E-state index in [1.54, 1.807) is 6.07 Å². The third-order valence-corrected chi connectivity index (χ3v) is 6.61. The number of hydrogen-bond acceptors (Lipinski definition) is 6. The van der Waals surface area contributed by atoms with Gasteiger partial charge in [0.25, 0.3) is 5.91 Å². The number of hydrogen-bond donors (Lipinski definition) is 3. The topological polar surface area (TPSA) is 120 Å². The summed E-state index contributed by atoms with van der Waals surface area (Å²) in [5.74, 6) is 0.481. The molecular formula is C23H31ClN4O4. The monoisotopic (exact) mass is 462 g/mol. The Kier molecular flexibility index (Phi) is 7.69. The van der Waals surface area contributed by atoms with Gasteiger partial charge in [0.2, 0.25) is 0 Å². The van der Waals surface area contributed by atoms with Gasteiger partial charge in [-0.15, -0.1) is 0 Å². The van der Waals surface area contributed by atoms with Gasteiger partial charge in [-0.25, -0.2) is 4.79 Å². The summed E-state index contributed by atoms with van der Waals surface area (Å²) in [5, 5.41) is 3.31. The number of nitrogens with one attached hydrogen (secondary N) is 1. The average Bonchev–Trinajstić information content (AvgIpc) is 2.79. The number of amides is 2. The molecule has 0 aromatic heterocycles. The summed E-state index contributed by atoms with van der Waals surface area (Å²) in [4.78, 5) is 26.5. The van der Waals surface area contributed by atoms with Gasteiger partial charge < -0.3 is 26.3 Å². The minimum atomic E-state index is -0.771. The third-order valence-electron chi connectivity index (χ3n) is 6.28. The number of likely N-dealkylation sites (tertiary alicyclic amines) is 1. The van der Waals surface area contributed by atoms with Crippen molar-refractivity contribution in [3.05, 3.63) is 47.0 Å². The second kappa shape index (κ2) is 10.3. The Morgan fingerprint density at radius 2 is 2.00 bits per heavy atom. The smallest absolute Gasteiger partial charge is 0.405 e. The van der Waals surface area contributed by atoms with Crippen molar-refractivity contribution < 1.29 is 19.1 Å². The highest BCUT2D eigenvalue weighted by Crippen LogP contribution is 2.33. The molecule has 0 radical (unpaired) electrons. The van der Waals surface area contributed by atoms with Gasteiger partial charge in [-0.3, -0.25) is 9.69 Å². The summed E-state index contributed by atoms with van der Waals surface area (Å²) in [6.07, 6.45) is 9.51. The molecule has 9 heteroatoms. The first kappa shape index (κ1) is 23.9. The molecule has 174 valence electrons. The Balaban J connectivity index is 1.58. The standard InChI is InChI=1S/C23H31ClN4O4/c1-3-23(32-22(26)30)9-5-4-6-20(23)28-10-7-15(8-11-28)14-27-21(29)16-12-17(24)18(25)13-19(16)31-2/h4-6,9,12-13,15,20H,3,7-8,10-11,14,25H2,1-2H3,(H2,26,30)(H,27,29). The molecular weight excluding hydrogens is 432 g/mol. The second-order valence-electron chi connectivity index (χ2n) is 8.18. The molecule has 5 N–H and O–H groups in total. The summed E-state index contributed by atoms with van der Waals surface area (Å²) >= 11 is 6.08. The Bertz CT molecular complexity index is 912. The van der Waals surface area contributed by atoms with Crippen LogP contribution in [0.5, 0.6) is 5.75 Å². The predicted molar refractivity (Wildman–Crippen MR) is 125 cm³/mol. The van der Waals surface area contributed by atoms with Crippen molar-refractivity contribution in [1.29, 1.82) is 0 Å². The summed E-state index contributed by atoms with van der Waals surface area (Å²) in [5.41, 5.74) is 11.1. The molecule has 32 heavy (non-hydrogen) atoms. The number of methoxy groups -OCH3 is 1. The highest BCUT2D eigenvalue weighted by atomic mass is 35.5. The number of allylic oxidation sites excluding steroid dienone is 2. The van der Waals surface area contributed by atoms with Crippen LogP contribution in [0.4, 0.5) is 10.5 Å². The molecule has 0 saturated carbocycles. The van der Waals surface area contributed by atoms with E-state index in [4.69, 9.17) is 32.5 Å². The molecule has 2 atom stereocenters. The maximum Gasteiger partial charge on any atom is 0.405 e. The highest BCUT2D eigenvalue weighted by molar-refractivity contribution is 6.33. The lowest BCUT2D eigenvalue weighted by molar-refractivity contribution is -0.0172. The Hall–Kier alpha value is -2.71. The molecule has 1 aromatic rings. The van der Waals surface area contributed by atoms with Crippen LogP contribution in [-0.4, -0.2) is 55.3 Å². The number of primary amides is 1. The molecule has 2 amide bonds. The zero-order valence-electron chi connectivity index (χ0n) is 18.5. The van der Waals surface area contributed by atoms with E-state index in [9.17, 15) is 9.59 Å². The molecule has 1 aliphatic heterocycles. The normalized spacial score (nSPS) is 23.7. The summed E-state index contributed by atoms with van der Waals surface area (Å²) < 4.78 is 10.8. The second-order valence-corrected chi connectivity index (χ2v) is 8.59. The zero-order chi connectivity index (χ0) is 23.3. The van der Waals surface area contributed by atoms with Crippen LogP contribution in [0.15, 0.2) is 36.4 Å². The van der Waals surface area contributed by atoms with E-state index in [1.807, 2.05) is 25.2 Å². The number of anilines is 1. The molecule has 0 bridgehead atoms. The van der Waals surface area contributed by atoms with Gasteiger partial charge >= 0.3 is 6.09 Å². The van der Waals surface area contributed by atoms with Crippen LogP contribution in [0.1, 0.15) is 36.5 Å². The van der Waals surface area contributed by atoms with Gasteiger partial charge in [0.05, 0.1) is 29.4 Å². The maximum atomic E-state index is 12.7. The Labute approximate surface area is 193 Å². The van der Waals surface area contributed by atoms with Crippen molar-refractivity contribution in [3.8, 4) is 5.75 Å². The van der Waals surface area contributed by atoms with E-state index in [2.05, 4.69) is 16.3 Å². The van der Waals surface area contributed by atoms with E-state index >= 15 is 0 Å². The van der Waals surface area contributed by atoms with Crippen molar-refractivity contribution in [1.82, 2.24) is 10.2 Å². The highest BCUT2D eigenvalue weighted by Gasteiger charge is 2.42. The minimum absolute atomic E-state index is 0.0679. The fourth-order valence-corrected chi connectivity index (χ4v) is 4.61. The molecule has 1 saturated heterocycles. The molecule has 8 nitrogen and oxygen atoms in total. The average molecular weight is 463 g/mol. The molecule has 2 aliphatic rings. The Morgan fingerprint density at radius 3 is 2.62 bits per heavy atom. The number of rotatable bonds is 7. The molecule has 1 fully saturated rings. The van der Waals surface area contributed by atoms with Crippen LogP contribution in [0, 0.1) is 5.92 Å². The molecule has 1 aromatic carbocycles. The van der Waals surface area contributed by atoms with Crippen LogP contribution < -0.4 is 21.5 Å².